The number of hydrogen-bond acceptors (Lipinski definition) is 3. The van der Waals surface area contributed by atoms with Crippen molar-refractivity contribution in [1.82, 2.24) is 0 Å². The van der Waals surface area contributed by atoms with E-state index < -0.39 is 0 Å². The Morgan fingerprint density at radius 1 is 1.14 bits per heavy atom. The minimum absolute atomic E-state index is 0.0286. The van der Waals surface area contributed by atoms with E-state index in [-0.39, 0.29) is 18.3 Å². The van der Waals surface area contributed by atoms with Crippen molar-refractivity contribution in [1.29, 1.82) is 0 Å². The fourth-order valence-corrected chi connectivity index (χ4v) is 2.66. The van der Waals surface area contributed by atoms with Gasteiger partial charge in [0.25, 0.3) is 5.91 Å². The lowest BCUT2D eigenvalue weighted by molar-refractivity contribution is -0.121. The quantitative estimate of drug-likeness (QED) is 0.740. The van der Waals surface area contributed by atoms with Gasteiger partial charge in [0.15, 0.2) is 6.61 Å². The molecule has 21 heavy (non-hydrogen) atoms. The van der Waals surface area contributed by atoms with Crippen molar-refractivity contribution < 1.29 is 14.6 Å². The van der Waals surface area contributed by atoms with E-state index in [0.29, 0.717) is 18.0 Å². The average molecular weight is 291 g/mol. The van der Waals surface area contributed by atoms with Gasteiger partial charge < -0.3 is 14.7 Å². The zero-order valence-corrected chi connectivity index (χ0v) is 12.8. The molecule has 0 spiro atoms. The molecular weight excluding hydrogens is 266 g/mol. The Bertz CT molecular complexity index is 473. The van der Waals surface area contributed by atoms with Crippen molar-refractivity contribution in [3.05, 3.63) is 18.2 Å². The van der Waals surface area contributed by atoms with Gasteiger partial charge in [-0.25, -0.2) is 0 Å². The number of unbranched alkanes of at least 4 members (excludes halogenated alkanes) is 6. The second-order valence-corrected chi connectivity index (χ2v) is 5.61. The van der Waals surface area contributed by atoms with Crippen LogP contribution in [0.5, 0.6) is 11.5 Å². The molecule has 1 N–H and O–H groups in total. The highest BCUT2D eigenvalue weighted by molar-refractivity contribution is 5.98. The molecule has 0 atom stereocenters. The summed E-state index contributed by atoms with van der Waals surface area (Å²) in [6.45, 7) is 3.01. The molecule has 1 amide bonds. The van der Waals surface area contributed by atoms with E-state index in [0.717, 1.165) is 12.8 Å². The SMILES string of the molecule is CCCCCCCCCN1C(=O)COc2ccc(O)cc21. The molecule has 1 aromatic carbocycles. The van der Waals surface area contributed by atoms with E-state index in [1.807, 2.05) is 0 Å². The van der Waals surface area contributed by atoms with Crippen LogP contribution in [0.3, 0.4) is 0 Å². The van der Waals surface area contributed by atoms with Gasteiger partial charge >= 0.3 is 0 Å². The number of ether oxygens (including phenoxy) is 1. The Morgan fingerprint density at radius 2 is 1.86 bits per heavy atom. The summed E-state index contributed by atoms with van der Waals surface area (Å²) < 4.78 is 5.39. The summed E-state index contributed by atoms with van der Waals surface area (Å²) in [5, 5.41) is 9.59. The molecule has 4 nitrogen and oxygen atoms in total. The number of carbonyl (C=O) groups excluding carboxylic acids is 1. The molecular formula is C17H25NO3. The van der Waals surface area contributed by atoms with E-state index in [1.54, 1.807) is 23.1 Å². The molecule has 0 unspecified atom stereocenters. The predicted molar refractivity (Wildman–Crippen MR) is 83.9 cm³/mol. The highest BCUT2D eigenvalue weighted by Gasteiger charge is 2.25. The van der Waals surface area contributed by atoms with Crippen molar-refractivity contribution in [2.24, 2.45) is 0 Å². The fraction of sp³-hybridized carbons (Fsp3) is 0.588. The van der Waals surface area contributed by atoms with Gasteiger partial charge in [-0.1, -0.05) is 45.4 Å². The molecule has 0 radical (unpaired) electrons. The molecule has 0 aromatic heterocycles. The van der Waals surface area contributed by atoms with Gasteiger partial charge in [-0.3, -0.25) is 4.79 Å². The van der Waals surface area contributed by atoms with Gasteiger partial charge in [-0.15, -0.1) is 0 Å². The summed E-state index contributed by atoms with van der Waals surface area (Å²) in [6, 6.07) is 4.91. The molecule has 0 bridgehead atoms. The number of rotatable bonds is 8. The van der Waals surface area contributed by atoms with Crippen LogP contribution in [0.4, 0.5) is 5.69 Å². The van der Waals surface area contributed by atoms with Gasteiger partial charge in [-0.2, -0.15) is 0 Å². The molecule has 1 aliphatic rings. The first-order valence-corrected chi connectivity index (χ1v) is 7.98. The van der Waals surface area contributed by atoms with Crippen molar-refractivity contribution >= 4 is 11.6 Å². The molecule has 1 heterocycles. The van der Waals surface area contributed by atoms with E-state index in [9.17, 15) is 9.90 Å². The van der Waals surface area contributed by atoms with Crippen LogP contribution in [-0.2, 0) is 4.79 Å². The lowest BCUT2D eigenvalue weighted by Crippen LogP contribution is -2.39. The number of phenolic OH excluding ortho intramolecular Hbond substituents is 1. The summed E-state index contributed by atoms with van der Waals surface area (Å²) >= 11 is 0. The van der Waals surface area contributed by atoms with Crippen molar-refractivity contribution in [2.75, 3.05) is 18.1 Å². The van der Waals surface area contributed by atoms with Crippen LogP contribution in [0.2, 0.25) is 0 Å². The van der Waals surface area contributed by atoms with E-state index in [4.69, 9.17) is 4.74 Å². The zero-order valence-electron chi connectivity index (χ0n) is 12.8. The summed E-state index contributed by atoms with van der Waals surface area (Å²) in [6.07, 6.45) is 8.53. The van der Waals surface area contributed by atoms with Gasteiger partial charge in [-0.05, 0) is 18.6 Å². The largest absolute Gasteiger partial charge is 0.508 e. The predicted octanol–water partition coefficient (Wildman–Crippen LogP) is 3.87. The highest BCUT2D eigenvalue weighted by atomic mass is 16.5. The van der Waals surface area contributed by atoms with E-state index in [1.165, 1.54) is 32.1 Å². The number of phenols is 1. The first-order valence-electron chi connectivity index (χ1n) is 7.98. The van der Waals surface area contributed by atoms with Gasteiger partial charge in [0.1, 0.15) is 11.5 Å². The molecule has 0 saturated carbocycles. The van der Waals surface area contributed by atoms with Crippen molar-refractivity contribution in [3.8, 4) is 11.5 Å². The number of fused-ring (bicyclic) bond motifs is 1. The van der Waals surface area contributed by atoms with Crippen molar-refractivity contribution in [3.63, 3.8) is 0 Å². The first kappa shape index (κ1) is 15.7. The third kappa shape index (κ3) is 4.38. The smallest absolute Gasteiger partial charge is 0.265 e. The van der Waals surface area contributed by atoms with E-state index >= 15 is 0 Å². The van der Waals surface area contributed by atoms with Gasteiger partial charge in [0.05, 0.1) is 5.69 Å². The Kier molecular flexibility index (Phi) is 5.90. The maximum atomic E-state index is 12.0. The third-order valence-electron chi connectivity index (χ3n) is 3.87. The fourth-order valence-electron chi connectivity index (χ4n) is 2.66. The molecule has 0 fully saturated rings. The summed E-state index contributed by atoms with van der Waals surface area (Å²) in [5.74, 6) is 0.811. The maximum absolute atomic E-state index is 12.0. The minimum Gasteiger partial charge on any atom is -0.508 e. The number of benzene rings is 1. The lowest BCUT2D eigenvalue weighted by atomic mass is 10.1. The summed E-state index contributed by atoms with van der Waals surface area (Å²) in [5.41, 5.74) is 0.692. The van der Waals surface area contributed by atoms with Crippen LogP contribution in [0.25, 0.3) is 0 Å². The first-order chi connectivity index (χ1) is 10.2. The molecule has 2 rings (SSSR count). The number of hydrogen-bond donors (Lipinski definition) is 1. The second-order valence-electron chi connectivity index (χ2n) is 5.61. The normalized spacial score (nSPS) is 14.0. The molecule has 116 valence electrons. The van der Waals surface area contributed by atoms with Crippen LogP contribution < -0.4 is 9.64 Å². The van der Waals surface area contributed by atoms with Crippen LogP contribution in [0, 0.1) is 0 Å². The third-order valence-corrected chi connectivity index (χ3v) is 3.87. The van der Waals surface area contributed by atoms with Crippen LogP contribution in [0.1, 0.15) is 51.9 Å². The molecule has 1 aromatic rings. The van der Waals surface area contributed by atoms with E-state index in [2.05, 4.69) is 6.92 Å². The molecule has 4 heteroatoms. The minimum atomic E-state index is -0.0286. The molecule has 0 aliphatic carbocycles. The van der Waals surface area contributed by atoms with Crippen LogP contribution in [-0.4, -0.2) is 24.2 Å². The monoisotopic (exact) mass is 291 g/mol. The Balaban J connectivity index is 1.83. The lowest BCUT2D eigenvalue weighted by Gasteiger charge is -2.29. The Morgan fingerprint density at radius 3 is 2.62 bits per heavy atom. The number of nitrogens with zero attached hydrogens (tertiary/aromatic N) is 1. The number of carbonyl (C=O) groups is 1. The Labute approximate surface area is 126 Å². The maximum Gasteiger partial charge on any atom is 0.265 e. The summed E-state index contributed by atoms with van der Waals surface area (Å²) in [4.78, 5) is 13.7. The average Bonchev–Trinajstić information content (AvgIpc) is 2.48. The number of anilines is 1. The van der Waals surface area contributed by atoms with Crippen LogP contribution >= 0.6 is 0 Å². The number of aromatic hydroxyl groups is 1. The second kappa shape index (κ2) is 7.91. The number of amides is 1. The van der Waals surface area contributed by atoms with Crippen LogP contribution in [0.15, 0.2) is 18.2 Å². The zero-order chi connectivity index (χ0) is 15.1. The molecule has 1 aliphatic heterocycles. The van der Waals surface area contributed by atoms with Crippen molar-refractivity contribution in [2.45, 2.75) is 51.9 Å². The summed E-state index contributed by atoms with van der Waals surface area (Å²) in [7, 11) is 0. The van der Waals surface area contributed by atoms with Gasteiger partial charge in [0.2, 0.25) is 0 Å². The highest BCUT2D eigenvalue weighted by Crippen LogP contribution is 2.35. The topological polar surface area (TPSA) is 49.8 Å². The Hall–Kier alpha value is -1.71. The van der Waals surface area contributed by atoms with Gasteiger partial charge in [0, 0.05) is 12.6 Å². The molecule has 0 saturated heterocycles. The standard InChI is InChI=1S/C17H25NO3/c1-2-3-4-5-6-7-8-11-18-15-12-14(19)9-10-16(15)21-13-17(18)20/h9-10,12,19H,2-8,11,13H2,1H3.